The third-order valence-corrected chi connectivity index (χ3v) is 7.01. The van der Waals surface area contributed by atoms with Crippen molar-refractivity contribution in [2.45, 2.75) is 23.2 Å². The van der Waals surface area contributed by atoms with Crippen molar-refractivity contribution in [3.05, 3.63) is 60.2 Å². The van der Waals surface area contributed by atoms with E-state index >= 15 is 0 Å². The van der Waals surface area contributed by atoms with Crippen LogP contribution in [-0.2, 0) is 25.0 Å². The Kier molecular flexibility index (Phi) is 6.61. The van der Waals surface area contributed by atoms with Crippen LogP contribution >= 0.6 is 0 Å². The average molecular weight is 421 g/mol. The summed E-state index contributed by atoms with van der Waals surface area (Å²) in [5.74, 6) is -0.760. The summed E-state index contributed by atoms with van der Waals surface area (Å²) in [6, 6.07) is 9.31. The first-order valence-electron chi connectivity index (χ1n) is 9.30. The van der Waals surface area contributed by atoms with Crippen LogP contribution in [0.5, 0.6) is 0 Å². The highest BCUT2D eigenvalue weighted by atomic mass is 32.2. The monoisotopic (exact) mass is 421 g/mol. The van der Waals surface area contributed by atoms with Gasteiger partial charge in [0.05, 0.1) is 6.54 Å². The number of aromatic nitrogens is 1. The summed E-state index contributed by atoms with van der Waals surface area (Å²) in [4.78, 5) is 16.3. The molecule has 1 aliphatic rings. The minimum Gasteiger partial charge on any atom is -0.381 e. The van der Waals surface area contributed by atoms with Crippen molar-refractivity contribution in [3.8, 4) is 0 Å². The maximum absolute atomic E-state index is 13.8. The number of rotatable bonds is 7. The molecule has 1 aliphatic heterocycles. The van der Waals surface area contributed by atoms with Crippen molar-refractivity contribution in [2.75, 3.05) is 33.4 Å². The summed E-state index contributed by atoms with van der Waals surface area (Å²) < 4.78 is 45.3. The van der Waals surface area contributed by atoms with Crippen LogP contribution in [0.15, 0.2) is 53.7 Å². The Morgan fingerprint density at radius 2 is 2.03 bits per heavy atom. The van der Waals surface area contributed by atoms with E-state index in [2.05, 4.69) is 10.3 Å². The van der Waals surface area contributed by atoms with Gasteiger partial charge in [-0.3, -0.25) is 9.78 Å². The molecule has 0 spiro atoms. The fourth-order valence-corrected chi connectivity index (χ4v) is 4.53. The number of halogens is 1. The Balaban J connectivity index is 1.68. The van der Waals surface area contributed by atoms with Crippen molar-refractivity contribution >= 4 is 15.9 Å². The van der Waals surface area contributed by atoms with E-state index in [-0.39, 0.29) is 23.8 Å². The van der Waals surface area contributed by atoms with Crippen LogP contribution in [0.1, 0.15) is 18.4 Å². The number of hydrogen-bond donors (Lipinski definition) is 1. The van der Waals surface area contributed by atoms with E-state index in [4.69, 9.17) is 4.74 Å². The molecule has 29 heavy (non-hydrogen) atoms. The molecule has 1 fully saturated rings. The van der Waals surface area contributed by atoms with Gasteiger partial charge in [0.25, 0.3) is 0 Å². The Hall–Kier alpha value is -2.36. The van der Waals surface area contributed by atoms with Crippen LogP contribution in [0.25, 0.3) is 0 Å². The second kappa shape index (κ2) is 8.98. The van der Waals surface area contributed by atoms with E-state index in [0.717, 1.165) is 9.87 Å². The third-order valence-electron chi connectivity index (χ3n) is 5.22. The maximum atomic E-state index is 13.8. The van der Waals surface area contributed by atoms with Crippen molar-refractivity contribution in [2.24, 2.45) is 0 Å². The van der Waals surface area contributed by atoms with E-state index in [1.165, 1.54) is 43.7 Å². The highest BCUT2D eigenvalue weighted by Crippen LogP contribution is 2.34. The lowest BCUT2D eigenvalue weighted by molar-refractivity contribution is -0.121. The number of sulfonamides is 1. The Bertz CT molecular complexity index is 947. The normalized spacial score (nSPS) is 16.5. The van der Waals surface area contributed by atoms with Crippen LogP contribution in [0.3, 0.4) is 0 Å². The zero-order chi connectivity index (χ0) is 20.9. The highest BCUT2D eigenvalue weighted by Gasteiger charge is 2.35. The van der Waals surface area contributed by atoms with Gasteiger partial charge in [-0.05, 0) is 42.7 Å². The smallest absolute Gasteiger partial charge is 0.244 e. The summed E-state index contributed by atoms with van der Waals surface area (Å²) in [6.45, 7) is 0.982. The number of nitrogens with one attached hydrogen (secondary N) is 1. The van der Waals surface area contributed by atoms with Crippen LogP contribution in [-0.4, -0.2) is 57.0 Å². The lowest BCUT2D eigenvalue weighted by Gasteiger charge is -2.38. The summed E-state index contributed by atoms with van der Waals surface area (Å²) >= 11 is 0. The number of pyridine rings is 1. The summed E-state index contributed by atoms with van der Waals surface area (Å²) in [6.07, 6.45) is 4.00. The predicted molar refractivity (Wildman–Crippen MR) is 105 cm³/mol. The highest BCUT2D eigenvalue weighted by molar-refractivity contribution is 7.89. The van der Waals surface area contributed by atoms with Crippen LogP contribution < -0.4 is 5.32 Å². The zero-order valence-corrected chi connectivity index (χ0v) is 17.0. The van der Waals surface area contributed by atoms with E-state index in [9.17, 15) is 17.6 Å². The van der Waals surface area contributed by atoms with Crippen LogP contribution in [0.4, 0.5) is 4.39 Å². The van der Waals surface area contributed by atoms with Gasteiger partial charge in [-0.25, -0.2) is 12.8 Å². The number of ether oxygens (including phenoxy) is 1. The van der Waals surface area contributed by atoms with Crippen LogP contribution in [0.2, 0.25) is 0 Å². The van der Waals surface area contributed by atoms with Gasteiger partial charge in [-0.2, -0.15) is 4.31 Å². The first-order chi connectivity index (χ1) is 13.8. The standard InChI is InChI=1S/C20H24FN3O4S/c1-24(29(26,27)18-6-3-9-22-13-18)14-19(25)23-15-20(7-10-28-11-8-20)16-4-2-5-17(21)12-16/h2-6,9,12-13H,7-8,10-11,14-15H2,1H3,(H,23,25). The number of hydrogen-bond acceptors (Lipinski definition) is 5. The van der Waals surface area contributed by atoms with Crippen molar-refractivity contribution < 1.29 is 22.3 Å². The van der Waals surface area contributed by atoms with Gasteiger partial charge in [0.2, 0.25) is 15.9 Å². The molecule has 2 aromatic rings. The Labute approximate surface area is 169 Å². The fraction of sp³-hybridized carbons (Fsp3) is 0.400. The molecule has 0 bridgehead atoms. The first-order valence-corrected chi connectivity index (χ1v) is 10.7. The molecule has 1 aromatic carbocycles. The SMILES string of the molecule is CN(CC(=O)NCC1(c2cccc(F)c2)CCOCC1)S(=O)(=O)c1cccnc1. The number of benzene rings is 1. The van der Waals surface area contributed by atoms with Gasteiger partial charge in [0.15, 0.2) is 0 Å². The van der Waals surface area contributed by atoms with Gasteiger partial charge in [-0.1, -0.05) is 12.1 Å². The molecular formula is C20H24FN3O4S. The molecule has 1 aromatic heterocycles. The fourth-order valence-electron chi connectivity index (χ4n) is 3.44. The van der Waals surface area contributed by atoms with Crippen molar-refractivity contribution in [1.82, 2.24) is 14.6 Å². The molecule has 7 nitrogen and oxygen atoms in total. The number of likely N-dealkylation sites (N-methyl/N-ethyl adjacent to an activating group) is 1. The summed E-state index contributed by atoms with van der Waals surface area (Å²) in [5, 5.41) is 2.83. The van der Waals surface area contributed by atoms with Gasteiger partial charge < -0.3 is 10.1 Å². The summed E-state index contributed by atoms with van der Waals surface area (Å²) in [7, 11) is -2.46. The van der Waals surface area contributed by atoms with Gasteiger partial charge in [0.1, 0.15) is 10.7 Å². The van der Waals surface area contributed by atoms with Crippen molar-refractivity contribution in [3.63, 3.8) is 0 Å². The van der Waals surface area contributed by atoms with Gasteiger partial charge in [0, 0.05) is 44.6 Å². The molecule has 1 saturated heterocycles. The molecule has 0 radical (unpaired) electrons. The number of amides is 1. The third kappa shape index (κ3) is 4.98. The number of carbonyl (C=O) groups excluding carboxylic acids is 1. The molecule has 156 valence electrons. The van der Waals surface area contributed by atoms with Gasteiger partial charge in [-0.15, -0.1) is 0 Å². The van der Waals surface area contributed by atoms with Gasteiger partial charge >= 0.3 is 0 Å². The molecule has 1 amide bonds. The van der Waals surface area contributed by atoms with E-state index in [0.29, 0.717) is 26.1 Å². The van der Waals surface area contributed by atoms with Crippen molar-refractivity contribution in [1.29, 1.82) is 0 Å². The number of carbonyl (C=O) groups is 1. The zero-order valence-electron chi connectivity index (χ0n) is 16.2. The van der Waals surface area contributed by atoms with E-state index in [1.54, 1.807) is 6.07 Å². The Morgan fingerprint density at radius 3 is 2.69 bits per heavy atom. The van der Waals surface area contributed by atoms with Crippen LogP contribution in [0, 0.1) is 5.82 Å². The Morgan fingerprint density at radius 1 is 1.28 bits per heavy atom. The summed E-state index contributed by atoms with van der Waals surface area (Å²) in [5.41, 5.74) is 0.356. The minimum atomic E-state index is -3.81. The molecule has 0 aliphatic carbocycles. The second-order valence-electron chi connectivity index (χ2n) is 7.13. The predicted octanol–water partition coefficient (Wildman–Crippen LogP) is 1.71. The molecule has 0 saturated carbocycles. The lowest BCUT2D eigenvalue weighted by Crippen LogP contribution is -2.47. The minimum absolute atomic E-state index is 0.0240. The lowest BCUT2D eigenvalue weighted by atomic mass is 9.74. The quantitative estimate of drug-likeness (QED) is 0.735. The topological polar surface area (TPSA) is 88.6 Å². The molecule has 0 atom stereocenters. The molecule has 1 N–H and O–H groups in total. The number of nitrogens with zero attached hydrogens (tertiary/aromatic N) is 2. The largest absolute Gasteiger partial charge is 0.381 e. The molecule has 0 unspecified atom stereocenters. The van der Waals surface area contributed by atoms with E-state index in [1.807, 2.05) is 6.07 Å². The molecule has 3 rings (SSSR count). The second-order valence-corrected chi connectivity index (χ2v) is 9.17. The molecule has 2 heterocycles. The molecular weight excluding hydrogens is 397 g/mol. The van der Waals surface area contributed by atoms with E-state index < -0.39 is 21.3 Å². The first kappa shape index (κ1) is 21.4. The molecule has 9 heteroatoms. The average Bonchev–Trinajstić information content (AvgIpc) is 2.73. The maximum Gasteiger partial charge on any atom is 0.244 e.